The number of nitrogens with zero attached hydrogens (tertiary/aromatic N) is 4. The standard InChI is InChI=1S/C28H26Cl2F3N5O2S/c1-36-10-12-37(13-11-36)20-8-6-18(7-9-20)27(40)25(34-16-17-2-4-19(5-3-17)28(31,32)33)35-26(41)38(27)21-14-22(29)24(39)23(30)15-21/h2-9,14-15,39-40H,10-13,16H2,1H3,(H,34,35,41). The normalized spacial score (nSPS) is 21.0. The maximum atomic E-state index is 13.0. The van der Waals surface area contributed by atoms with E-state index in [0.717, 1.165) is 44.0 Å². The van der Waals surface area contributed by atoms with Crippen molar-refractivity contribution in [2.75, 3.05) is 43.0 Å². The Morgan fingerprint density at radius 3 is 2.10 bits per heavy atom. The third-order valence-corrected chi connectivity index (χ3v) is 8.04. The number of nitrogens with one attached hydrogen (secondary N) is 1. The van der Waals surface area contributed by atoms with Gasteiger partial charge in [0.05, 0.1) is 27.8 Å². The molecule has 0 bridgehead atoms. The van der Waals surface area contributed by atoms with E-state index in [1.807, 2.05) is 12.1 Å². The Morgan fingerprint density at radius 2 is 1.54 bits per heavy atom. The number of likely N-dealkylation sites (N-methyl/N-ethyl adjacent to an activating group) is 1. The first-order chi connectivity index (χ1) is 19.4. The SMILES string of the molecule is CN1CCN(c2ccc(C3(O)C(=NCc4ccc(C(F)(F)F)cc4)NC(=S)N3c3cc(Cl)c(O)c(Cl)c3)cc2)CC1. The van der Waals surface area contributed by atoms with Gasteiger partial charge in [-0.15, -0.1) is 0 Å². The summed E-state index contributed by atoms with van der Waals surface area (Å²) in [5.41, 5.74) is -0.509. The Morgan fingerprint density at radius 1 is 0.951 bits per heavy atom. The number of halogens is 5. The molecule has 2 heterocycles. The van der Waals surface area contributed by atoms with E-state index in [1.54, 1.807) is 12.1 Å². The molecule has 1 atom stereocenters. The molecule has 1 unspecified atom stereocenters. The quantitative estimate of drug-likeness (QED) is 0.319. The van der Waals surface area contributed by atoms with Gasteiger partial charge in [0.1, 0.15) is 0 Å². The van der Waals surface area contributed by atoms with Crippen LogP contribution in [-0.2, 0) is 18.4 Å². The number of aliphatic hydroxyl groups is 1. The van der Waals surface area contributed by atoms with Crippen LogP contribution in [0.2, 0.25) is 10.0 Å². The van der Waals surface area contributed by atoms with E-state index in [-0.39, 0.29) is 33.3 Å². The molecule has 2 saturated heterocycles. The van der Waals surface area contributed by atoms with Gasteiger partial charge in [-0.05, 0) is 61.2 Å². The summed E-state index contributed by atoms with van der Waals surface area (Å²) >= 11 is 18.0. The van der Waals surface area contributed by atoms with Gasteiger partial charge in [-0.3, -0.25) is 9.89 Å². The monoisotopic (exact) mass is 623 g/mol. The van der Waals surface area contributed by atoms with Crippen molar-refractivity contribution in [1.29, 1.82) is 0 Å². The second-order valence-electron chi connectivity index (χ2n) is 9.89. The number of aliphatic imine (C=N–C) groups is 1. The lowest BCUT2D eigenvalue weighted by atomic mass is 9.99. The topological polar surface area (TPSA) is 74.6 Å². The van der Waals surface area contributed by atoms with Gasteiger partial charge in [0.2, 0.25) is 5.72 Å². The number of phenolic OH excluding ortho intramolecular Hbond substituents is 1. The Kier molecular flexibility index (Phi) is 8.10. The van der Waals surface area contributed by atoms with Crippen molar-refractivity contribution in [1.82, 2.24) is 10.2 Å². The molecule has 13 heteroatoms. The molecule has 2 aliphatic heterocycles. The van der Waals surface area contributed by atoms with Crippen LogP contribution < -0.4 is 15.1 Å². The summed E-state index contributed by atoms with van der Waals surface area (Å²) < 4.78 is 39.0. The summed E-state index contributed by atoms with van der Waals surface area (Å²) in [5, 5.41) is 25.4. The lowest BCUT2D eigenvalue weighted by molar-refractivity contribution is -0.137. The number of benzene rings is 3. The number of hydrogen-bond donors (Lipinski definition) is 3. The minimum atomic E-state index is -4.45. The summed E-state index contributed by atoms with van der Waals surface area (Å²) in [6.07, 6.45) is -4.45. The number of rotatable bonds is 5. The van der Waals surface area contributed by atoms with Crippen LogP contribution in [0.5, 0.6) is 5.75 Å². The van der Waals surface area contributed by atoms with E-state index >= 15 is 0 Å². The number of alkyl halides is 3. The number of piperazine rings is 1. The largest absolute Gasteiger partial charge is 0.505 e. The summed E-state index contributed by atoms with van der Waals surface area (Å²) in [6, 6.07) is 14.8. The van der Waals surface area contributed by atoms with Crippen LogP contribution in [0.25, 0.3) is 0 Å². The Labute approximate surface area is 250 Å². The van der Waals surface area contributed by atoms with Gasteiger partial charge in [-0.1, -0.05) is 47.5 Å². The van der Waals surface area contributed by atoms with Gasteiger partial charge in [0, 0.05) is 37.4 Å². The first-order valence-electron chi connectivity index (χ1n) is 12.6. The third kappa shape index (κ3) is 5.82. The van der Waals surface area contributed by atoms with Crippen LogP contribution in [0.1, 0.15) is 16.7 Å². The van der Waals surface area contributed by atoms with Crippen molar-refractivity contribution in [3.05, 3.63) is 87.4 Å². The lowest BCUT2D eigenvalue weighted by Crippen LogP contribution is -2.47. The molecule has 2 fully saturated rings. The molecular formula is C28H26Cl2F3N5O2S. The van der Waals surface area contributed by atoms with Gasteiger partial charge in [-0.25, -0.2) is 0 Å². The van der Waals surface area contributed by atoms with Crippen molar-refractivity contribution in [3.63, 3.8) is 0 Å². The predicted molar refractivity (Wildman–Crippen MR) is 159 cm³/mol. The zero-order valence-electron chi connectivity index (χ0n) is 21.8. The highest BCUT2D eigenvalue weighted by Gasteiger charge is 2.50. The van der Waals surface area contributed by atoms with Crippen molar-refractivity contribution in [2.45, 2.75) is 18.4 Å². The van der Waals surface area contributed by atoms with Crippen LogP contribution >= 0.6 is 35.4 Å². The molecular weight excluding hydrogens is 598 g/mol. The number of anilines is 2. The van der Waals surface area contributed by atoms with Crippen molar-refractivity contribution >= 4 is 57.7 Å². The number of hydrogen-bond acceptors (Lipinski definition) is 6. The van der Waals surface area contributed by atoms with E-state index < -0.39 is 17.5 Å². The van der Waals surface area contributed by atoms with Gasteiger partial charge in [0.25, 0.3) is 0 Å². The fourth-order valence-electron chi connectivity index (χ4n) is 4.84. The second-order valence-corrected chi connectivity index (χ2v) is 11.1. The van der Waals surface area contributed by atoms with Gasteiger partial charge in [0.15, 0.2) is 16.7 Å². The molecule has 0 amide bonds. The molecule has 2 aliphatic rings. The highest BCUT2D eigenvalue weighted by molar-refractivity contribution is 7.80. The molecule has 0 radical (unpaired) electrons. The van der Waals surface area contributed by atoms with E-state index in [4.69, 9.17) is 35.4 Å². The Hall–Kier alpha value is -3.09. The summed E-state index contributed by atoms with van der Waals surface area (Å²) in [7, 11) is 2.08. The van der Waals surface area contributed by atoms with Crippen LogP contribution in [0.4, 0.5) is 24.5 Å². The summed E-state index contributed by atoms with van der Waals surface area (Å²) in [6.45, 7) is 3.56. The lowest BCUT2D eigenvalue weighted by Gasteiger charge is -2.36. The number of aromatic hydroxyl groups is 1. The molecule has 41 heavy (non-hydrogen) atoms. The number of phenols is 1. The molecule has 0 aliphatic carbocycles. The maximum Gasteiger partial charge on any atom is 0.416 e. The fourth-order valence-corrected chi connectivity index (χ4v) is 5.65. The Bertz CT molecular complexity index is 1460. The molecule has 0 aromatic heterocycles. The van der Waals surface area contributed by atoms with Gasteiger partial charge >= 0.3 is 6.18 Å². The summed E-state index contributed by atoms with van der Waals surface area (Å²) in [5.74, 6) is -0.249. The zero-order valence-corrected chi connectivity index (χ0v) is 24.1. The van der Waals surface area contributed by atoms with Gasteiger partial charge < -0.3 is 25.3 Å². The minimum Gasteiger partial charge on any atom is -0.505 e. The van der Waals surface area contributed by atoms with Crippen molar-refractivity contribution in [2.24, 2.45) is 4.99 Å². The molecule has 7 nitrogen and oxygen atoms in total. The fraction of sp³-hybridized carbons (Fsp3) is 0.286. The average molecular weight is 625 g/mol. The molecule has 3 aromatic rings. The van der Waals surface area contributed by atoms with E-state index in [2.05, 4.69) is 27.2 Å². The van der Waals surface area contributed by atoms with Crippen LogP contribution in [0, 0.1) is 0 Å². The number of amidine groups is 1. The average Bonchev–Trinajstić information content (AvgIpc) is 3.20. The third-order valence-electron chi connectivity index (χ3n) is 7.18. The van der Waals surface area contributed by atoms with Crippen LogP contribution in [-0.4, -0.2) is 59.3 Å². The number of thiocarbonyl (C=S) groups is 1. The highest BCUT2D eigenvalue weighted by Crippen LogP contribution is 2.42. The highest BCUT2D eigenvalue weighted by atomic mass is 35.5. The summed E-state index contributed by atoms with van der Waals surface area (Å²) in [4.78, 5) is 10.4. The van der Waals surface area contributed by atoms with Crippen molar-refractivity contribution < 1.29 is 23.4 Å². The molecule has 216 valence electrons. The smallest absolute Gasteiger partial charge is 0.416 e. The molecule has 0 saturated carbocycles. The molecule has 3 N–H and O–H groups in total. The van der Waals surface area contributed by atoms with Crippen LogP contribution in [0.15, 0.2) is 65.7 Å². The van der Waals surface area contributed by atoms with E-state index in [0.29, 0.717) is 16.8 Å². The molecule has 5 rings (SSSR count). The minimum absolute atomic E-state index is 0.0320. The van der Waals surface area contributed by atoms with Crippen LogP contribution in [0.3, 0.4) is 0 Å². The maximum absolute atomic E-state index is 13.0. The first kappa shape index (κ1) is 29.4. The first-order valence-corrected chi connectivity index (χ1v) is 13.8. The zero-order chi connectivity index (χ0) is 29.5. The molecule has 3 aromatic carbocycles. The second kappa shape index (κ2) is 11.3. The van der Waals surface area contributed by atoms with Crippen molar-refractivity contribution in [3.8, 4) is 5.75 Å². The molecule has 0 spiro atoms. The van der Waals surface area contributed by atoms with E-state index in [9.17, 15) is 23.4 Å². The van der Waals surface area contributed by atoms with Gasteiger partial charge in [-0.2, -0.15) is 13.2 Å². The Balaban J connectivity index is 1.53. The van der Waals surface area contributed by atoms with E-state index in [1.165, 1.54) is 29.2 Å². The predicted octanol–water partition coefficient (Wildman–Crippen LogP) is 5.61.